The quantitative estimate of drug-likeness (QED) is 0.291. The van der Waals surface area contributed by atoms with E-state index in [1.807, 2.05) is 0 Å². The zero-order valence-electron chi connectivity index (χ0n) is 26.6. The molecule has 5 rings (SSSR count). The third-order valence-electron chi connectivity index (χ3n) is 10.2. The number of allylic oxidation sites excluding steroid dienone is 10. The Kier molecular flexibility index (Phi) is 8.60. The van der Waals surface area contributed by atoms with Crippen LogP contribution in [-0.4, -0.2) is 0 Å². The predicted molar refractivity (Wildman–Crippen MR) is 178 cm³/mol. The van der Waals surface area contributed by atoms with E-state index in [1.54, 1.807) is 11.1 Å². The molecule has 0 N–H and O–H groups in total. The zero-order chi connectivity index (χ0) is 29.4. The van der Waals surface area contributed by atoms with Crippen molar-refractivity contribution in [3.8, 4) is 0 Å². The third kappa shape index (κ3) is 5.43. The highest BCUT2D eigenvalue weighted by Crippen LogP contribution is 2.57. The van der Waals surface area contributed by atoms with Gasteiger partial charge in [-0.2, -0.15) is 0 Å². The topological polar surface area (TPSA) is 0 Å². The standard InChI is InChI=1S/C41H50/c1-10-13-26(5)38-27(6)21-36-24-35(23-34-20-28(7)39(29(34)8)33-17-14-25(4)15-18-33)30(9)40(36)41(38)37-22-31(11-2)16-19-32(37)12-3/h14-23,27,38-41H,5,9-13,24H2,1-4,6-8H3. The maximum absolute atomic E-state index is 4.85. The molecule has 41 heavy (non-hydrogen) atoms. The molecule has 0 aromatic heterocycles. The minimum Gasteiger partial charge on any atom is -0.0995 e. The van der Waals surface area contributed by atoms with Gasteiger partial charge in [-0.15, -0.1) is 0 Å². The lowest BCUT2D eigenvalue weighted by molar-refractivity contribution is 0.321. The predicted octanol–water partition coefficient (Wildman–Crippen LogP) is 11.3. The molecule has 0 heterocycles. The van der Waals surface area contributed by atoms with Gasteiger partial charge in [-0.05, 0) is 97.3 Å². The van der Waals surface area contributed by atoms with Crippen molar-refractivity contribution in [2.24, 2.45) is 17.8 Å². The van der Waals surface area contributed by atoms with Crippen LogP contribution in [0.3, 0.4) is 0 Å². The summed E-state index contributed by atoms with van der Waals surface area (Å²) in [6, 6.07) is 16.4. The first-order chi connectivity index (χ1) is 19.7. The lowest BCUT2D eigenvalue weighted by Gasteiger charge is -2.42. The van der Waals surface area contributed by atoms with Crippen molar-refractivity contribution in [1.29, 1.82) is 0 Å². The first kappa shape index (κ1) is 29.4. The van der Waals surface area contributed by atoms with Crippen molar-refractivity contribution in [2.75, 3.05) is 0 Å². The van der Waals surface area contributed by atoms with Gasteiger partial charge in [0.25, 0.3) is 0 Å². The second-order valence-electron chi connectivity index (χ2n) is 13.0. The van der Waals surface area contributed by atoms with Gasteiger partial charge in [-0.1, -0.05) is 136 Å². The van der Waals surface area contributed by atoms with Crippen LogP contribution in [-0.2, 0) is 12.8 Å². The van der Waals surface area contributed by atoms with Crippen LogP contribution in [0.25, 0.3) is 0 Å². The van der Waals surface area contributed by atoms with E-state index in [-0.39, 0.29) is 0 Å². The fourth-order valence-electron chi connectivity index (χ4n) is 8.15. The van der Waals surface area contributed by atoms with Gasteiger partial charge in [0, 0.05) is 17.8 Å². The molecule has 0 saturated heterocycles. The van der Waals surface area contributed by atoms with Crippen LogP contribution in [0.4, 0.5) is 0 Å². The van der Waals surface area contributed by atoms with E-state index in [0.717, 1.165) is 32.1 Å². The molecule has 0 radical (unpaired) electrons. The number of fused-ring (bicyclic) bond motifs is 1. The number of rotatable bonds is 8. The minimum absolute atomic E-state index is 0.355. The van der Waals surface area contributed by atoms with Gasteiger partial charge in [0.2, 0.25) is 0 Å². The first-order valence-electron chi connectivity index (χ1n) is 16.0. The summed E-state index contributed by atoms with van der Waals surface area (Å²) in [6.45, 7) is 25.6. The fraction of sp³-hybridized carbons (Fsp3) is 0.415. The van der Waals surface area contributed by atoms with Crippen LogP contribution < -0.4 is 0 Å². The average Bonchev–Trinajstić information content (AvgIpc) is 3.41. The van der Waals surface area contributed by atoms with E-state index in [2.05, 4.69) is 109 Å². The van der Waals surface area contributed by atoms with Crippen molar-refractivity contribution in [2.45, 2.75) is 92.4 Å². The summed E-state index contributed by atoms with van der Waals surface area (Å²) >= 11 is 0. The maximum Gasteiger partial charge on any atom is 0.0264 e. The SMILES string of the molecule is C=C1C(=CC2=C(C)C(c3ccc(C)cc3)C(C)=C2)CC2=CC(C)C(C(=C)CCC)C(c3cc(CC)ccc3CC)C12. The average molecular weight is 543 g/mol. The second-order valence-corrected chi connectivity index (χ2v) is 13.0. The summed E-state index contributed by atoms with van der Waals surface area (Å²) in [5.74, 6) is 2.05. The molecule has 0 aliphatic heterocycles. The van der Waals surface area contributed by atoms with E-state index >= 15 is 0 Å². The highest BCUT2D eigenvalue weighted by Gasteiger charge is 2.45. The van der Waals surface area contributed by atoms with Gasteiger partial charge in [0.15, 0.2) is 0 Å². The number of aryl methyl sites for hydroxylation is 3. The van der Waals surface area contributed by atoms with Crippen LogP contribution >= 0.6 is 0 Å². The van der Waals surface area contributed by atoms with Gasteiger partial charge >= 0.3 is 0 Å². The normalized spacial score (nSPS) is 26.9. The van der Waals surface area contributed by atoms with Gasteiger partial charge in [0.1, 0.15) is 0 Å². The molecule has 2 aromatic rings. The van der Waals surface area contributed by atoms with Gasteiger partial charge in [-0.3, -0.25) is 0 Å². The van der Waals surface area contributed by atoms with E-state index in [1.165, 1.54) is 55.7 Å². The zero-order valence-corrected chi connectivity index (χ0v) is 26.6. The molecular weight excluding hydrogens is 492 g/mol. The molecule has 5 unspecified atom stereocenters. The molecule has 214 valence electrons. The molecule has 0 bridgehead atoms. The summed E-state index contributed by atoms with van der Waals surface area (Å²) in [5, 5.41) is 0. The van der Waals surface area contributed by atoms with E-state index in [4.69, 9.17) is 13.2 Å². The lowest BCUT2D eigenvalue weighted by atomic mass is 9.61. The molecule has 1 fully saturated rings. The molecule has 0 amide bonds. The van der Waals surface area contributed by atoms with Crippen LogP contribution in [0.15, 0.2) is 113 Å². The van der Waals surface area contributed by atoms with Crippen molar-refractivity contribution < 1.29 is 0 Å². The molecule has 0 nitrogen and oxygen atoms in total. The molecule has 0 heteroatoms. The lowest BCUT2D eigenvalue weighted by Crippen LogP contribution is -2.32. The van der Waals surface area contributed by atoms with E-state index in [9.17, 15) is 0 Å². The Hall–Kier alpha value is -3.12. The molecule has 3 aliphatic rings. The Morgan fingerprint density at radius 3 is 2.37 bits per heavy atom. The molecule has 1 saturated carbocycles. The smallest absolute Gasteiger partial charge is 0.0264 e. The summed E-state index contributed by atoms with van der Waals surface area (Å²) in [5.41, 5.74) is 17.2. The maximum atomic E-state index is 4.85. The van der Waals surface area contributed by atoms with Crippen LogP contribution in [0.5, 0.6) is 0 Å². The van der Waals surface area contributed by atoms with E-state index in [0.29, 0.717) is 29.6 Å². The van der Waals surface area contributed by atoms with Gasteiger partial charge in [-0.25, -0.2) is 0 Å². The Morgan fingerprint density at radius 2 is 1.71 bits per heavy atom. The number of benzene rings is 2. The Bertz CT molecular complexity index is 1460. The minimum atomic E-state index is 0.355. The Morgan fingerprint density at radius 1 is 0.976 bits per heavy atom. The van der Waals surface area contributed by atoms with Crippen molar-refractivity contribution in [1.82, 2.24) is 0 Å². The second kappa shape index (κ2) is 12.0. The van der Waals surface area contributed by atoms with Gasteiger partial charge in [0.05, 0.1) is 0 Å². The monoisotopic (exact) mass is 542 g/mol. The summed E-state index contributed by atoms with van der Waals surface area (Å²) in [7, 11) is 0. The molecule has 0 spiro atoms. The summed E-state index contributed by atoms with van der Waals surface area (Å²) in [6.07, 6.45) is 12.9. The number of hydrogen-bond donors (Lipinski definition) is 0. The molecule has 5 atom stereocenters. The highest BCUT2D eigenvalue weighted by molar-refractivity contribution is 5.60. The molecule has 2 aromatic carbocycles. The molecular formula is C41H50. The van der Waals surface area contributed by atoms with Crippen molar-refractivity contribution in [3.05, 3.63) is 141 Å². The van der Waals surface area contributed by atoms with Crippen LogP contribution in [0.1, 0.15) is 100 Å². The fourth-order valence-corrected chi connectivity index (χ4v) is 8.15. The summed E-state index contributed by atoms with van der Waals surface area (Å²) < 4.78 is 0. The van der Waals surface area contributed by atoms with Crippen molar-refractivity contribution in [3.63, 3.8) is 0 Å². The highest BCUT2D eigenvalue weighted by atomic mass is 14.5. The third-order valence-corrected chi connectivity index (χ3v) is 10.2. The first-order valence-corrected chi connectivity index (χ1v) is 16.0. The van der Waals surface area contributed by atoms with Crippen LogP contribution in [0, 0.1) is 24.7 Å². The van der Waals surface area contributed by atoms with Crippen LogP contribution in [0.2, 0.25) is 0 Å². The Labute approximate surface area is 250 Å². The largest absolute Gasteiger partial charge is 0.0995 e. The summed E-state index contributed by atoms with van der Waals surface area (Å²) in [4.78, 5) is 0. The van der Waals surface area contributed by atoms with Crippen molar-refractivity contribution >= 4 is 0 Å². The Balaban J connectivity index is 1.58. The van der Waals surface area contributed by atoms with E-state index < -0.39 is 0 Å². The molecule has 3 aliphatic carbocycles. The number of hydrogen-bond acceptors (Lipinski definition) is 0. The van der Waals surface area contributed by atoms with Gasteiger partial charge < -0.3 is 0 Å².